The van der Waals surface area contributed by atoms with Gasteiger partial charge >= 0.3 is 6.18 Å². The van der Waals surface area contributed by atoms with Gasteiger partial charge in [-0.1, -0.05) is 12.5 Å². The van der Waals surface area contributed by atoms with Crippen molar-refractivity contribution >= 4 is 5.91 Å². The van der Waals surface area contributed by atoms with E-state index in [1.807, 2.05) is 6.07 Å². The molecule has 31 heavy (non-hydrogen) atoms. The largest absolute Gasteiger partial charge is 0.441 e. The number of nitrogens with one attached hydrogen (secondary N) is 1. The third-order valence-corrected chi connectivity index (χ3v) is 5.06. The van der Waals surface area contributed by atoms with E-state index >= 15 is 0 Å². The number of amides is 1. The number of pyridine rings is 1. The molecule has 1 atom stereocenters. The predicted molar refractivity (Wildman–Crippen MR) is 104 cm³/mol. The molecule has 6 nitrogen and oxygen atoms in total. The number of rotatable bonds is 3. The Balaban J connectivity index is 1.63. The van der Waals surface area contributed by atoms with Crippen LogP contribution in [0.4, 0.5) is 13.2 Å². The van der Waals surface area contributed by atoms with Crippen molar-refractivity contribution in [2.24, 2.45) is 0 Å². The SMILES string of the molecule is N#Cc1cccc(C(=O)N[C@H]2CCCCc3oc(-c4ccnc(C(F)(F)F)c4)nc32)c1. The molecular formula is C22H17F3N4O2. The number of halogens is 3. The summed E-state index contributed by atoms with van der Waals surface area (Å²) < 4.78 is 44.8. The first-order chi connectivity index (χ1) is 14.8. The van der Waals surface area contributed by atoms with Gasteiger partial charge in [-0.05, 0) is 43.2 Å². The molecule has 0 radical (unpaired) electrons. The van der Waals surface area contributed by atoms with Gasteiger partial charge in [-0.15, -0.1) is 0 Å². The molecule has 0 fully saturated rings. The lowest BCUT2D eigenvalue weighted by atomic mass is 10.1. The molecule has 1 aliphatic carbocycles. The highest BCUT2D eigenvalue weighted by atomic mass is 19.4. The van der Waals surface area contributed by atoms with Crippen molar-refractivity contribution in [1.29, 1.82) is 5.26 Å². The first-order valence-corrected chi connectivity index (χ1v) is 9.69. The van der Waals surface area contributed by atoms with Crippen LogP contribution in [0.5, 0.6) is 0 Å². The molecule has 1 aromatic carbocycles. The van der Waals surface area contributed by atoms with Crippen LogP contribution in [0.1, 0.15) is 58.4 Å². The average Bonchev–Trinajstić information content (AvgIpc) is 3.11. The molecule has 1 aliphatic rings. The molecule has 4 rings (SSSR count). The summed E-state index contributed by atoms with van der Waals surface area (Å²) in [6, 6.07) is 10.2. The standard InChI is InChI=1S/C22H17F3N4O2/c23-22(24,25)18-11-15(8-9-27-18)21-29-19-16(6-1-2-7-17(19)31-21)28-20(30)14-5-3-4-13(10-14)12-26/h3-5,8-11,16H,1-2,6-7H2,(H,28,30)/t16-/m0/s1. The Bertz CT molecular complexity index is 1160. The van der Waals surface area contributed by atoms with Gasteiger partial charge in [0.25, 0.3) is 5.91 Å². The zero-order chi connectivity index (χ0) is 22.0. The highest BCUT2D eigenvalue weighted by Crippen LogP contribution is 2.34. The number of aromatic nitrogens is 2. The summed E-state index contributed by atoms with van der Waals surface area (Å²) in [5.74, 6) is 0.252. The number of aryl methyl sites for hydroxylation is 1. The number of oxazole rings is 1. The maximum atomic E-state index is 13.0. The summed E-state index contributed by atoms with van der Waals surface area (Å²) >= 11 is 0. The van der Waals surface area contributed by atoms with Gasteiger partial charge in [-0.25, -0.2) is 4.98 Å². The second-order valence-electron chi connectivity index (χ2n) is 7.22. The van der Waals surface area contributed by atoms with Crippen LogP contribution in [-0.2, 0) is 12.6 Å². The fourth-order valence-electron chi connectivity index (χ4n) is 3.54. The number of nitriles is 1. The topological polar surface area (TPSA) is 91.8 Å². The molecule has 2 aromatic heterocycles. The van der Waals surface area contributed by atoms with Crippen molar-refractivity contribution in [2.45, 2.75) is 37.9 Å². The summed E-state index contributed by atoms with van der Waals surface area (Å²) in [7, 11) is 0. The van der Waals surface area contributed by atoms with Gasteiger partial charge in [0.1, 0.15) is 17.1 Å². The third kappa shape index (κ3) is 4.43. The van der Waals surface area contributed by atoms with E-state index < -0.39 is 17.9 Å². The minimum atomic E-state index is -4.58. The van der Waals surface area contributed by atoms with Crippen LogP contribution in [0.2, 0.25) is 0 Å². The number of alkyl halides is 3. The zero-order valence-electron chi connectivity index (χ0n) is 16.2. The number of hydrogen-bond acceptors (Lipinski definition) is 5. The Hall–Kier alpha value is -3.67. The van der Waals surface area contributed by atoms with E-state index in [4.69, 9.17) is 9.68 Å². The fourth-order valence-corrected chi connectivity index (χ4v) is 3.54. The van der Waals surface area contributed by atoms with Crippen molar-refractivity contribution in [1.82, 2.24) is 15.3 Å². The van der Waals surface area contributed by atoms with Crippen LogP contribution in [-0.4, -0.2) is 15.9 Å². The monoisotopic (exact) mass is 426 g/mol. The van der Waals surface area contributed by atoms with Crippen LogP contribution in [0.25, 0.3) is 11.5 Å². The van der Waals surface area contributed by atoms with Gasteiger partial charge in [-0.2, -0.15) is 18.4 Å². The van der Waals surface area contributed by atoms with Crippen LogP contribution in [0.3, 0.4) is 0 Å². The van der Waals surface area contributed by atoms with Gasteiger partial charge in [-0.3, -0.25) is 9.78 Å². The molecule has 0 aliphatic heterocycles. The van der Waals surface area contributed by atoms with Crippen molar-refractivity contribution in [2.75, 3.05) is 0 Å². The van der Waals surface area contributed by atoms with E-state index in [0.717, 1.165) is 25.1 Å². The molecule has 3 aromatic rings. The van der Waals surface area contributed by atoms with Crippen molar-refractivity contribution in [3.05, 3.63) is 70.9 Å². The number of carbonyl (C=O) groups excluding carboxylic acids is 1. The van der Waals surface area contributed by atoms with Gasteiger partial charge in [0.2, 0.25) is 5.89 Å². The van der Waals surface area contributed by atoms with Crippen LogP contribution in [0.15, 0.2) is 47.0 Å². The van der Waals surface area contributed by atoms with Gasteiger partial charge in [0, 0.05) is 23.7 Å². The Morgan fingerprint density at radius 1 is 1.23 bits per heavy atom. The summed E-state index contributed by atoms with van der Waals surface area (Å²) in [4.78, 5) is 20.5. The second-order valence-corrected chi connectivity index (χ2v) is 7.22. The zero-order valence-corrected chi connectivity index (χ0v) is 16.2. The molecule has 158 valence electrons. The number of hydrogen-bond donors (Lipinski definition) is 1. The highest BCUT2D eigenvalue weighted by molar-refractivity contribution is 5.94. The molecule has 0 unspecified atom stereocenters. The smallest absolute Gasteiger partial charge is 0.433 e. The van der Waals surface area contributed by atoms with Gasteiger partial charge < -0.3 is 9.73 Å². The predicted octanol–water partition coefficient (Wildman–Crippen LogP) is 4.82. The molecule has 0 bridgehead atoms. The van der Waals surface area contributed by atoms with Crippen LogP contribution < -0.4 is 5.32 Å². The molecule has 9 heteroatoms. The molecule has 2 heterocycles. The lowest BCUT2D eigenvalue weighted by Crippen LogP contribution is -2.29. The van der Waals surface area contributed by atoms with E-state index in [1.165, 1.54) is 12.1 Å². The molecule has 1 N–H and O–H groups in total. The van der Waals surface area contributed by atoms with E-state index in [-0.39, 0.29) is 17.4 Å². The quantitative estimate of drug-likeness (QED) is 0.606. The maximum absolute atomic E-state index is 13.0. The van der Waals surface area contributed by atoms with Crippen molar-refractivity contribution in [3.63, 3.8) is 0 Å². The molecule has 1 amide bonds. The van der Waals surface area contributed by atoms with Gasteiger partial charge in [0.15, 0.2) is 0 Å². The van der Waals surface area contributed by atoms with E-state index in [1.54, 1.807) is 18.2 Å². The number of fused-ring (bicyclic) bond motifs is 1. The lowest BCUT2D eigenvalue weighted by molar-refractivity contribution is -0.141. The summed E-state index contributed by atoms with van der Waals surface area (Å²) in [5.41, 5.74) is 0.374. The average molecular weight is 426 g/mol. The van der Waals surface area contributed by atoms with Crippen LogP contribution in [0, 0.1) is 11.3 Å². The Labute approximate surface area is 175 Å². The summed E-state index contributed by atoms with van der Waals surface area (Å²) in [6.07, 6.45) is -0.675. The Morgan fingerprint density at radius 3 is 2.84 bits per heavy atom. The second kappa shape index (κ2) is 8.22. The summed E-state index contributed by atoms with van der Waals surface area (Å²) in [5, 5.41) is 12.0. The van der Waals surface area contributed by atoms with Crippen LogP contribution >= 0.6 is 0 Å². The molecule has 0 saturated heterocycles. The third-order valence-electron chi connectivity index (χ3n) is 5.06. The Morgan fingerprint density at radius 2 is 2.06 bits per heavy atom. The normalized spacial score (nSPS) is 16.1. The van der Waals surface area contributed by atoms with E-state index in [9.17, 15) is 18.0 Å². The summed E-state index contributed by atoms with van der Waals surface area (Å²) in [6.45, 7) is 0. The Kier molecular flexibility index (Phi) is 5.46. The highest BCUT2D eigenvalue weighted by Gasteiger charge is 2.33. The minimum absolute atomic E-state index is 0.0607. The van der Waals surface area contributed by atoms with Crippen molar-refractivity contribution in [3.8, 4) is 17.5 Å². The lowest BCUT2D eigenvalue weighted by Gasteiger charge is -2.15. The fraction of sp³-hybridized carbons (Fsp3) is 0.273. The number of benzene rings is 1. The minimum Gasteiger partial charge on any atom is -0.441 e. The number of nitrogens with zero attached hydrogens (tertiary/aromatic N) is 3. The molecular weight excluding hydrogens is 409 g/mol. The van der Waals surface area contributed by atoms with E-state index in [0.29, 0.717) is 35.4 Å². The molecule has 0 saturated carbocycles. The van der Waals surface area contributed by atoms with E-state index in [2.05, 4.69) is 15.3 Å². The maximum Gasteiger partial charge on any atom is 0.433 e. The molecule has 0 spiro atoms. The first-order valence-electron chi connectivity index (χ1n) is 9.69. The first kappa shape index (κ1) is 20.6. The van der Waals surface area contributed by atoms with Crippen molar-refractivity contribution < 1.29 is 22.4 Å². The number of carbonyl (C=O) groups is 1. The van der Waals surface area contributed by atoms with Gasteiger partial charge in [0.05, 0.1) is 17.7 Å².